The van der Waals surface area contributed by atoms with Gasteiger partial charge in [-0.05, 0) is 29.0 Å². The SMILES string of the molecule is c1csc(CC2=NCCc3ccccc32)c1. The monoisotopic (exact) mass is 227 g/mol. The summed E-state index contributed by atoms with van der Waals surface area (Å²) < 4.78 is 0. The van der Waals surface area contributed by atoms with E-state index in [1.165, 1.54) is 21.7 Å². The Morgan fingerprint density at radius 3 is 2.94 bits per heavy atom. The number of nitrogens with zero attached hydrogens (tertiary/aromatic N) is 1. The third-order valence-corrected chi connectivity index (χ3v) is 3.81. The van der Waals surface area contributed by atoms with E-state index in [1.807, 2.05) is 11.3 Å². The first kappa shape index (κ1) is 9.79. The van der Waals surface area contributed by atoms with Gasteiger partial charge in [-0.15, -0.1) is 11.3 Å². The van der Waals surface area contributed by atoms with E-state index in [-0.39, 0.29) is 0 Å². The first-order chi connectivity index (χ1) is 7.93. The largest absolute Gasteiger partial charge is 0.288 e. The van der Waals surface area contributed by atoms with Gasteiger partial charge in [-0.2, -0.15) is 0 Å². The Hall–Kier alpha value is -1.41. The molecule has 0 N–H and O–H groups in total. The molecule has 3 rings (SSSR count). The molecule has 0 unspecified atom stereocenters. The van der Waals surface area contributed by atoms with E-state index in [0.29, 0.717) is 0 Å². The Morgan fingerprint density at radius 2 is 2.06 bits per heavy atom. The van der Waals surface area contributed by atoms with Gasteiger partial charge in [0.15, 0.2) is 0 Å². The van der Waals surface area contributed by atoms with Gasteiger partial charge in [0.1, 0.15) is 0 Å². The first-order valence-corrected chi connectivity index (χ1v) is 6.45. The van der Waals surface area contributed by atoms with E-state index in [2.05, 4.69) is 46.8 Å². The van der Waals surface area contributed by atoms with Crippen molar-refractivity contribution in [1.82, 2.24) is 0 Å². The number of rotatable bonds is 2. The van der Waals surface area contributed by atoms with Crippen molar-refractivity contribution < 1.29 is 0 Å². The second kappa shape index (κ2) is 4.22. The summed E-state index contributed by atoms with van der Waals surface area (Å²) in [6.45, 7) is 0.942. The number of hydrogen-bond donors (Lipinski definition) is 0. The average Bonchev–Trinajstić information content (AvgIpc) is 2.82. The Labute approximate surface area is 99.5 Å². The van der Waals surface area contributed by atoms with E-state index in [1.54, 1.807) is 0 Å². The minimum Gasteiger partial charge on any atom is -0.288 e. The lowest BCUT2D eigenvalue weighted by molar-refractivity contribution is 0.935. The maximum atomic E-state index is 4.67. The van der Waals surface area contributed by atoms with Crippen LogP contribution in [0, 0.1) is 0 Å². The second-order valence-electron chi connectivity index (χ2n) is 3.99. The van der Waals surface area contributed by atoms with E-state index < -0.39 is 0 Å². The Morgan fingerprint density at radius 1 is 1.12 bits per heavy atom. The Kier molecular flexibility index (Phi) is 2.58. The minimum absolute atomic E-state index is 0.942. The molecule has 0 fully saturated rings. The fraction of sp³-hybridized carbons (Fsp3) is 0.214. The molecule has 0 amide bonds. The van der Waals surface area contributed by atoms with Crippen LogP contribution >= 0.6 is 11.3 Å². The van der Waals surface area contributed by atoms with E-state index in [9.17, 15) is 0 Å². The number of hydrogen-bond acceptors (Lipinski definition) is 2. The zero-order valence-corrected chi connectivity index (χ0v) is 9.83. The number of benzene rings is 1. The predicted molar refractivity (Wildman–Crippen MR) is 69.6 cm³/mol. The topological polar surface area (TPSA) is 12.4 Å². The normalized spacial score (nSPS) is 14.4. The van der Waals surface area contributed by atoms with Gasteiger partial charge >= 0.3 is 0 Å². The molecule has 80 valence electrons. The molecule has 1 aliphatic heterocycles. The van der Waals surface area contributed by atoms with Gasteiger partial charge in [-0.1, -0.05) is 30.3 Å². The van der Waals surface area contributed by atoms with Crippen molar-refractivity contribution in [3.63, 3.8) is 0 Å². The highest BCUT2D eigenvalue weighted by Crippen LogP contribution is 2.20. The second-order valence-corrected chi connectivity index (χ2v) is 5.02. The number of aliphatic imine (C=N–C) groups is 1. The summed E-state index contributed by atoms with van der Waals surface area (Å²) in [6.07, 6.45) is 2.07. The highest BCUT2D eigenvalue weighted by atomic mass is 32.1. The lowest BCUT2D eigenvalue weighted by atomic mass is 9.96. The van der Waals surface area contributed by atoms with Crippen LogP contribution in [0.25, 0.3) is 0 Å². The summed E-state index contributed by atoms with van der Waals surface area (Å²) in [5.41, 5.74) is 4.05. The van der Waals surface area contributed by atoms with Gasteiger partial charge in [0.2, 0.25) is 0 Å². The molecular formula is C14H13NS. The molecule has 0 radical (unpaired) electrons. The molecule has 0 atom stereocenters. The van der Waals surface area contributed by atoms with Crippen LogP contribution in [0.5, 0.6) is 0 Å². The molecule has 0 bridgehead atoms. The van der Waals surface area contributed by atoms with Crippen LogP contribution in [-0.2, 0) is 12.8 Å². The molecule has 2 aromatic rings. The lowest BCUT2D eigenvalue weighted by Crippen LogP contribution is -2.14. The summed E-state index contributed by atoms with van der Waals surface area (Å²) >= 11 is 1.81. The van der Waals surface area contributed by atoms with Crippen molar-refractivity contribution in [2.75, 3.05) is 6.54 Å². The van der Waals surface area contributed by atoms with Crippen molar-refractivity contribution in [1.29, 1.82) is 0 Å². The van der Waals surface area contributed by atoms with Crippen molar-refractivity contribution in [2.45, 2.75) is 12.8 Å². The van der Waals surface area contributed by atoms with Crippen LogP contribution in [0.3, 0.4) is 0 Å². The maximum Gasteiger partial charge on any atom is 0.0475 e. The lowest BCUT2D eigenvalue weighted by Gasteiger charge is -2.16. The fourth-order valence-corrected chi connectivity index (χ4v) is 2.85. The van der Waals surface area contributed by atoms with Gasteiger partial charge in [0, 0.05) is 23.6 Å². The van der Waals surface area contributed by atoms with Crippen molar-refractivity contribution in [2.24, 2.45) is 4.99 Å². The third-order valence-electron chi connectivity index (χ3n) is 2.93. The maximum absolute atomic E-state index is 4.67. The molecule has 1 nitrogen and oxygen atoms in total. The first-order valence-electron chi connectivity index (χ1n) is 5.57. The van der Waals surface area contributed by atoms with E-state index in [0.717, 1.165) is 19.4 Å². The van der Waals surface area contributed by atoms with Crippen LogP contribution in [0.2, 0.25) is 0 Å². The molecule has 0 saturated carbocycles. The predicted octanol–water partition coefficient (Wildman–Crippen LogP) is 3.34. The summed E-state index contributed by atoms with van der Waals surface area (Å²) in [7, 11) is 0. The van der Waals surface area contributed by atoms with Crippen molar-refractivity contribution in [3.8, 4) is 0 Å². The van der Waals surface area contributed by atoms with Gasteiger partial charge in [-0.3, -0.25) is 4.99 Å². The van der Waals surface area contributed by atoms with E-state index in [4.69, 9.17) is 0 Å². The molecule has 2 heterocycles. The molecule has 0 spiro atoms. The Bertz CT molecular complexity index is 511. The molecule has 0 aliphatic carbocycles. The molecule has 0 saturated heterocycles. The van der Waals surface area contributed by atoms with Crippen LogP contribution in [0.15, 0.2) is 46.8 Å². The van der Waals surface area contributed by atoms with Crippen LogP contribution in [-0.4, -0.2) is 12.3 Å². The molecule has 1 aliphatic rings. The van der Waals surface area contributed by atoms with Crippen molar-refractivity contribution >= 4 is 17.0 Å². The summed E-state index contributed by atoms with van der Waals surface area (Å²) in [5, 5.41) is 2.13. The third kappa shape index (κ3) is 1.81. The quantitative estimate of drug-likeness (QED) is 0.746. The zero-order chi connectivity index (χ0) is 10.8. The summed E-state index contributed by atoms with van der Waals surface area (Å²) in [6, 6.07) is 12.9. The zero-order valence-electron chi connectivity index (χ0n) is 9.02. The van der Waals surface area contributed by atoms with Gasteiger partial charge < -0.3 is 0 Å². The van der Waals surface area contributed by atoms with Crippen LogP contribution in [0.4, 0.5) is 0 Å². The van der Waals surface area contributed by atoms with Crippen molar-refractivity contribution in [3.05, 3.63) is 57.8 Å². The summed E-state index contributed by atoms with van der Waals surface area (Å²) in [4.78, 5) is 6.07. The molecule has 16 heavy (non-hydrogen) atoms. The summed E-state index contributed by atoms with van der Waals surface area (Å²) in [5.74, 6) is 0. The number of thiophene rings is 1. The van der Waals surface area contributed by atoms with Crippen LogP contribution in [0.1, 0.15) is 16.0 Å². The number of fused-ring (bicyclic) bond motifs is 1. The Balaban J connectivity index is 1.94. The van der Waals surface area contributed by atoms with Gasteiger partial charge in [0.25, 0.3) is 0 Å². The standard InChI is InChI=1S/C14H13NS/c1-2-6-13-11(4-1)7-8-15-14(13)10-12-5-3-9-16-12/h1-6,9H,7-8,10H2. The molecule has 1 aromatic heterocycles. The highest BCUT2D eigenvalue weighted by molar-refractivity contribution is 7.10. The molecule has 2 heteroatoms. The van der Waals surface area contributed by atoms with Crippen LogP contribution < -0.4 is 0 Å². The smallest absolute Gasteiger partial charge is 0.0475 e. The average molecular weight is 227 g/mol. The minimum atomic E-state index is 0.942. The van der Waals surface area contributed by atoms with E-state index >= 15 is 0 Å². The molecule has 1 aromatic carbocycles. The molecular weight excluding hydrogens is 214 g/mol. The van der Waals surface area contributed by atoms with Gasteiger partial charge in [0.05, 0.1) is 0 Å². The highest BCUT2D eigenvalue weighted by Gasteiger charge is 2.13. The fourth-order valence-electron chi connectivity index (χ4n) is 2.15. The van der Waals surface area contributed by atoms with Gasteiger partial charge in [-0.25, -0.2) is 0 Å².